The van der Waals surface area contributed by atoms with E-state index in [4.69, 9.17) is 11.0 Å². The van der Waals surface area contributed by atoms with Crippen LogP contribution < -0.4 is 5.73 Å². The van der Waals surface area contributed by atoms with Crippen LogP contribution in [0.2, 0.25) is 0 Å². The van der Waals surface area contributed by atoms with Crippen LogP contribution in [0.25, 0.3) is 10.9 Å². The number of rotatable bonds is 2. The molecular weight excluding hydrogens is 210 g/mol. The minimum atomic E-state index is -0.421. The number of nitrogens with zero attached hydrogens (tertiary/aromatic N) is 2. The average molecular weight is 231 g/mol. The molecule has 0 bridgehead atoms. The first-order chi connectivity index (χ1) is 8.22. The number of para-hydroxylation sites is 1. The third-order valence-corrected chi connectivity index (χ3v) is 2.59. The number of nitrogens with two attached hydrogens (primary N) is 1. The number of aryl methyl sites for hydroxylation is 1. The van der Waals surface area contributed by atoms with E-state index in [-0.39, 0.29) is 1.43 Å². The quantitative estimate of drug-likeness (QED) is 0.864. The highest BCUT2D eigenvalue weighted by molar-refractivity contribution is 5.83. The van der Waals surface area contributed by atoms with Crippen LogP contribution in [0.15, 0.2) is 30.5 Å². The van der Waals surface area contributed by atoms with Crippen molar-refractivity contribution in [3.05, 3.63) is 36.0 Å². The smallest absolute Gasteiger partial charge is 0.0969 e. The van der Waals surface area contributed by atoms with Crippen molar-refractivity contribution < 1.29 is 1.43 Å². The predicted octanol–water partition coefficient (Wildman–Crippen LogP) is 2.84. The van der Waals surface area contributed by atoms with E-state index in [1.165, 1.54) is 10.9 Å². The Hall–Kier alpha value is -1.79. The van der Waals surface area contributed by atoms with Gasteiger partial charge in [0.15, 0.2) is 0 Å². The average Bonchev–Trinajstić information content (AvgIpc) is 2.69. The third-order valence-electron chi connectivity index (χ3n) is 2.59. The largest absolute Gasteiger partial charge is 0.350 e. The lowest BCUT2D eigenvalue weighted by Gasteiger charge is -2.00. The molecule has 1 heterocycles. The van der Waals surface area contributed by atoms with Crippen LogP contribution in [0.3, 0.4) is 0 Å². The summed E-state index contributed by atoms with van der Waals surface area (Å²) in [6.45, 7) is 4.00. The Morgan fingerprint density at radius 2 is 2.06 bits per heavy atom. The molecule has 1 aromatic heterocycles. The van der Waals surface area contributed by atoms with Crippen LogP contribution in [-0.4, -0.2) is 10.6 Å². The van der Waals surface area contributed by atoms with Gasteiger partial charge in [-0.3, -0.25) is 0 Å². The standard InChI is InChI=1S/C12H13N3.C2H6.H2/c1-15-8-9(6-10(14)7-13)11-4-2-3-5-12(11)15;1-2;/h2-5,8,10H,6,14H2,1H3;1-2H3;1H. The van der Waals surface area contributed by atoms with Crippen molar-refractivity contribution in [1.82, 2.24) is 4.57 Å². The predicted molar refractivity (Wildman–Crippen MR) is 73.7 cm³/mol. The molecule has 0 saturated heterocycles. The topological polar surface area (TPSA) is 54.7 Å². The number of aromatic nitrogens is 1. The van der Waals surface area contributed by atoms with E-state index in [2.05, 4.69) is 22.8 Å². The molecule has 2 aromatic rings. The maximum atomic E-state index is 8.69. The summed E-state index contributed by atoms with van der Waals surface area (Å²) in [5.41, 5.74) is 7.95. The Labute approximate surface area is 104 Å². The fourth-order valence-electron chi connectivity index (χ4n) is 1.87. The molecule has 0 fully saturated rings. The molecule has 0 aliphatic heterocycles. The number of benzene rings is 1. The maximum Gasteiger partial charge on any atom is 0.0969 e. The van der Waals surface area contributed by atoms with E-state index in [0.717, 1.165) is 5.56 Å². The molecule has 0 aliphatic rings. The second-order valence-corrected chi connectivity index (χ2v) is 3.72. The number of hydrogen-bond donors (Lipinski definition) is 1. The van der Waals surface area contributed by atoms with Crippen LogP contribution in [0, 0.1) is 11.3 Å². The third kappa shape index (κ3) is 2.86. The summed E-state index contributed by atoms with van der Waals surface area (Å²) in [6.07, 6.45) is 2.65. The second kappa shape index (κ2) is 6.07. The van der Waals surface area contributed by atoms with Gasteiger partial charge in [-0.1, -0.05) is 32.0 Å². The molecule has 2 rings (SSSR count). The normalized spacial score (nSPS) is 11.5. The van der Waals surface area contributed by atoms with Crippen molar-refractivity contribution in [2.24, 2.45) is 12.8 Å². The van der Waals surface area contributed by atoms with Gasteiger partial charge in [0.25, 0.3) is 0 Å². The van der Waals surface area contributed by atoms with E-state index in [1.54, 1.807) is 0 Å². The molecule has 0 amide bonds. The van der Waals surface area contributed by atoms with Crippen molar-refractivity contribution >= 4 is 10.9 Å². The summed E-state index contributed by atoms with van der Waals surface area (Å²) in [5.74, 6) is 0. The van der Waals surface area contributed by atoms with Crippen molar-refractivity contribution in [2.75, 3.05) is 0 Å². The summed E-state index contributed by atoms with van der Waals surface area (Å²) >= 11 is 0. The molecule has 0 aliphatic carbocycles. The van der Waals surface area contributed by atoms with Crippen molar-refractivity contribution in [3.8, 4) is 6.07 Å². The SMILES string of the molecule is CC.Cn1cc(CC(N)C#N)c2ccccc21.[HH]. The Balaban J connectivity index is 0.000000917. The van der Waals surface area contributed by atoms with Gasteiger partial charge in [0.05, 0.1) is 12.1 Å². The fraction of sp³-hybridized carbons (Fsp3) is 0.357. The lowest BCUT2D eigenvalue weighted by Crippen LogP contribution is -2.19. The van der Waals surface area contributed by atoms with Crippen LogP contribution >= 0.6 is 0 Å². The highest BCUT2D eigenvalue weighted by Gasteiger charge is 2.09. The maximum absolute atomic E-state index is 8.69. The monoisotopic (exact) mass is 231 g/mol. The van der Waals surface area contributed by atoms with Gasteiger partial charge in [-0.15, -0.1) is 0 Å². The first kappa shape index (κ1) is 13.3. The molecule has 3 heteroatoms. The van der Waals surface area contributed by atoms with E-state index < -0.39 is 6.04 Å². The van der Waals surface area contributed by atoms with Gasteiger partial charge in [0.1, 0.15) is 0 Å². The molecule has 0 radical (unpaired) electrons. The summed E-state index contributed by atoms with van der Waals surface area (Å²) in [6, 6.07) is 9.78. The van der Waals surface area contributed by atoms with Gasteiger partial charge >= 0.3 is 0 Å². The van der Waals surface area contributed by atoms with E-state index in [9.17, 15) is 0 Å². The van der Waals surface area contributed by atoms with Crippen molar-refractivity contribution in [3.63, 3.8) is 0 Å². The van der Waals surface area contributed by atoms with Crippen LogP contribution in [0.1, 0.15) is 20.8 Å². The molecule has 2 N–H and O–H groups in total. The van der Waals surface area contributed by atoms with Gasteiger partial charge < -0.3 is 10.3 Å². The van der Waals surface area contributed by atoms with Gasteiger partial charge in [-0.05, 0) is 11.6 Å². The van der Waals surface area contributed by atoms with Gasteiger partial charge in [-0.25, -0.2) is 0 Å². The first-order valence-electron chi connectivity index (χ1n) is 5.90. The van der Waals surface area contributed by atoms with E-state index >= 15 is 0 Å². The Morgan fingerprint density at radius 1 is 1.41 bits per heavy atom. The molecule has 1 atom stereocenters. The van der Waals surface area contributed by atoms with Crippen LogP contribution in [-0.2, 0) is 13.5 Å². The Morgan fingerprint density at radius 3 is 2.71 bits per heavy atom. The molecule has 0 spiro atoms. The minimum Gasteiger partial charge on any atom is -0.350 e. The zero-order valence-corrected chi connectivity index (χ0v) is 10.6. The van der Waals surface area contributed by atoms with Crippen molar-refractivity contribution in [1.29, 1.82) is 5.26 Å². The molecule has 92 valence electrons. The zero-order chi connectivity index (χ0) is 12.8. The molecule has 0 saturated carbocycles. The molecular formula is C14H21N3. The highest BCUT2D eigenvalue weighted by atomic mass is 14.9. The van der Waals surface area contributed by atoms with Crippen molar-refractivity contribution in [2.45, 2.75) is 26.3 Å². The molecule has 1 unspecified atom stereocenters. The summed E-state index contributed by atoms with van der Waals surface area (Å²) < 4.78 is 2.06. The molecule has 3 nitrogen and oxygen atoms in total. The Kier molecular flexibility index (Phi) is 4.74. The molecule has 17 heavy (non-hydrogen) atoms. The zero-order valence-electron chi connectivity index (χ0n) is 10.6. The van der Waals surface area contributed by atoms with Gasteiger partial charge in [-0.2, -0.15) is 5.26 Å². The minimum absolute atomic E-state index is 0. The fourth-order valence-corrected chi connectivity index (χ4v) is 1.87. The lowest BCUT2D eigenvalue weighted by atomic mass is 10.1. The first-order valence-corrected chi connectivity index (χ1v) is 5.90. The van der Waals surface area contributed by atoms with Gasteiger partial charge in [0.2, 0.25) is 0 Å². The summed E-state index contributed by atoms with van der Waals surface area (Å²) in [5, 5.41) is 9.88. The van der Waals surface area contributed by atoms with E-state index in [1.807, 2.05) is 39.2 Å². The number of hydrogen-bond acceptors (Lipinski definition) is 2. The number of nitriles is 1. The Bertz CT molecular complexity index is 525. The number of fused-ring (bicyclic) bond motifs is 1. The van der Waals surface area contributed by atoms with Crippen LogP contribution in [0.5, 0.6) is 0 Å². The molecule has 1 aromatic carbocycles. The second-order valence-electron chi connectivity index (χ2n) is 3.72. The van der Waals surface area contributed by atoms with Gasteiger partial charge in [0, 0.05) is 32.0 Å². The highest BCUT2D eigenvalue weighted by Crippen LogP contribution is 2.20. The lowest BCUT2D eigenvalue weighted by molar-refractivity contribution is 0.821. The summed E-state index contributed by atoms with van der Waals surface area (Å²) in [7, 11) is 2.00. The van der Waals surface area contributed by atoms with Crippen LogP contribution in [0.4, 0.5) is 0 Å². The van der Waals surface area contributed by atoms with E-state index in [0.29, 0.717) is 6.42 Å². The summed E-state index contributed by atoms with van der Waals surface area (Å²) in [4.78, 5) is 0.